The fourth-order valence-corrected chi connectivity index (χ4v) is 1.25. The molecule has 100 valence electrons. The second kappa shape index (κ2) is 6.30. The van der Waals surface area contributed by atoms with Crippen molar-refractivity contribution in [2.45, 2.75) is 26.5 Å². The maximum absolute atomic E-state index is 11.9. The second-order valence-corrected chi connectivity index (χ2v) is 4.16. The van der Waals surface area contributed by atoms with Gasteiger partial charge in [0.15, 0.2) is 0 Å². The van der Waals surface area contributed by atoms with Gasteiger partial charge in [0.2, 0.25) is 5.91 Å². The largest absolute Gasteiger partial charge is 0.435 e. The molecule has 1 aromatic rings. The number of ether oxygens (including phenoxy) is 1. The Hall–Kier alpha value is -1.69. The zero-order valence-corrected chi connectivity index (χ0v) is 10.2. The molecule has 18 heavy (non-hydrogen) atoms. The van der Waals surface area contributed by atoms with Gasteiger partial charge in [-0.1, -0.05) is 13.8 Å². The number of benzene rings is 1. The average Bonchev–Trinajstić information content (AvgIpc) is 2.29. The molecule has 0 aliphatic heterocycles. The van der Waals surface area contributed by atoms with Crippen LogP contribution < -0.4 is 15.8 Å². The first kappa shape index (κ1) is 14.4. The average molecular weight is 258 g/mol. The first-order valence-corrected chi connectivity index (χ1v) is 5.51. The minimum Gasteiger partial charge on any atom is -0.435 e. The van der Waals surface area contributed by atoms with Gasteiger partial charge in [0.05, 0.1) is 6.04 Å². The molecule has 0 heterocycles. The van der Waals surface area contributed by atoms with Gasteiger partial charge < -0.3 is 15.8 Å². The third kappa shape index (κ3) is 4.29. The molecule has 0 aliphatic carbocycles. The van der Waals surface area contributed by atoms with E-state index in [-0.39, 0.29) is 17.6 Å². The van der Waals surface area contributed by atoms with Gasteiger partial charge in [-0.2, -0.15) is 8.78 Å². The Morgan fingerprint density at radius 2 is 1.83 bits per heavy atom. The van der Waals surface area contributed by atoms with Crippen molar-refractivity contribution in [3.63, 3.8) is 0 Å². The summed E-state index contributed by atoms with van der Waals surface area (Å²) in [6.45, 7) is 0.813. The van der Waals surface area contributed by atoms with Gasteiger partial charge in [0.1, 0.15) is 5.75 Å². The molecule has 1 atom stereocenters. The number of carbonyl (C=O) groups is 1. The highest BCUT2D eigenvalue weighted by atomic mass is 19.3. The highest BCUT2D eigenvalue weighted by molar-refractivity contribution is 5.94. The molecule has 0 saturated carbocycles. The molecule has 1 aromatic carbocycles. The van der Waals surface area contributed by atoms with E-state index in [9.17, 15) is 13.6 Å². The van der Waals surface area contributed by atoms with Gasteiger partial charge in [0.25, 0.3) is 0 Å². The Labute approximate surface area is 104 Å². The summed E-state index contributed by atoms with van der Waals surface area (Å²) >= 11 is 0. The highest BCUT2D eigenvalue weighted by Gasteiger charge is 2.17. The lowest BCUT2D eigenvalue weighted by atomic mass is 10.1. The Bertz CT molecular complexity index is 394. The zero-order chi connectivity index (χ0) is 13.7. The number of hydrogen-bond acceptors (Lipinski definition) is 3. The van der Waals surface area contributed by atoms with E-state index in [2.05, 4.69) is 10.1 Å². The third-order valence-corrected chi connectivity index (χ3v) is 2.37. The molecule has 0 radical (unpaired) electrons. The zero-order valence-electron chi connectivity index (χ0n) is 10.2. The maximum atomic E-state index is 11.9. The van der Waals surface area contributed by atoms with Crippen LogP contribution in [0.5, 0.6) is 5.75 Å². The molecule has 0 aromatic heterocycles. The van der Waals surface area contributed by atoms with E-state index in [0.29, 0.717) is 5.69 Å². The second-order valence-electron chi connectivity index (χ2n) is 4.16. The van der Waals surface area contributed by atoms with E-state index in [1.807, 2.05) is 13.8 Å². The van der Waals surface area contributed by atoms with Gasteiger partial charge >= 0.3 is 6.61 Å². The Morgan fingerprint density at radius 3 is 2.28 bits per heavy atom. The number of nitrogens with one attached hydrogen (secondary N) is 1. The van der Waals surface area contributed by atoms with E-state index in [1.54, 1.807) is 0 Å². The highest BCUT2D eigenvalue weighted by Crippen LogP contribution is 2.18. The van der Waals surface area contributed by atoms with Gasteiger partial charge in [-0.25, -0.2) is 0 Å². The van der Waals surface area contributed by atoms with Gasteiger partial charge in [-0.05, 0) is 30.2 Å². The first-order chi connectivity index (χ1) is 8.40. The standard InChI is InChI=1S/C12H16F2N2O2/c1-7(2)10(15)11(17)16-8-3-5-9(6-4-8)18-12(13)14/h3-7,10,12H,15H2,1-2H3,(H,16,17)/t10-/m0/s1. The number of amides is 1. The van der Waals surface area contributed by atoms with E-state index in [4.69, 9.17) is 5.73 Å². The number of rotatable bonds is 5. The first-order valence-electron chi connectivity index (χ1n) is 5.51. The fourth-order valence-electron chi connectivity index (χ4n) is 1.25. The molecule has 0 saturated heterocycles. The monoisotopic (exact) mass is 258 g/mol. The number of hydrogen-bond donors (Lipinski definition) is 2. The Morgan fingerprint density at radius 1 is 1.28 bits per heavy atom. The fraction of sp³-hybridized carbons (Fsp3) is 0.417. The van der Waals surface area contributed by atoms with Crippen molar-refractivity contribution in [3.8, 4) is 5.75 Å². The van der Waals surface area contributed by atoms with Crippen molar-refractivity contribution in [3.05, 3.63) is 24.3 Å². The summed E-state index contributed by atoms with van der Waals surface area (Å²) in [5.41, 5.74) is 6.15. The van der Waals surface area contributed by atoms with Gasteiger partial charge in [-0.15, -0.1) is 0 Å². The van der Waals surface area contributed by atoms with Crippen molar-refractivity contribution >= 4 is 11.6 Å². The summed E-state index contributed by atoms with van der Waals surface area (Å²) in [5, 5.41) is 2.60. The molecule has 0 aliphatic rings. The molecular formula is C12H16F2N2O2. The van der Waals surface area contributed by atoms with Crippen LogP contribution >= 0.6 is 0 Å². The summed E-state index contributed by atoms with van der Waals surface area (Å²) in [5.74, 6) is -0.255. The van der Waals surface area contributed by atoms with Crippen LogP contribution in [0.25, 0.3) is 0 Å². The number of alkyl halides is 2. The smallest absolute Gasteiger partial charge is 0.387 e. The third-order valence-electron chi connectivity index (χ3n) is 2.37. The van der Waals surface area contributed by atoms with Crippen LogP contribution in [0.4, 0.5) is 14.5 Å². The summed E-state index contributed by atoms with van der Waals surface area (Å²) < 4.78 is 28.0. The van der Waals surface area contributed by atoms with E-state index < -0.39 is 12.7 Å². The van der Waals surface area contributed by atoms with Crippen LogP contribution in [0.15, 0.2) is 24.3 Å². The van der Waals surface area contributed by atoms with Crippen LogP contribution in [0.3, 0.4) is 0 Å². The summed E-state index contributed by atoms with van der Waals surface area (Å²) in [6, 6.07) is 5.04. The molecule has 1 amide bonds. The Balaban J connectivity index is 2.61. The molecular weight excluding hydrogens is 242 g/mol. The Kier molecular flexibility index (Phi) is 5.03. The van der Waals surface area contributed by atoms with Crippen LogP contribution in [0.1, 0.15) is 13.8 Å². The molecule has 4 nitrogen and oxygen atoms in total. The van der Waals surface area contributed by atoms with E-state index in [0.717, 1.165) is 0 Å². The molecule has 3 N–H and O–H groups in total. The number of halogens is 2. The molecule has 0 unspecified atom stereocenters. The number of carbonyl (C=O) groups excluding carboxylic acids is 1. The molecule has 0 bridgehead atoms. The van der Waals surface area contributed by atoms with E-state index >= 15 is 0 Å². The maximum Gasteiger partial charge on any atom is 0.387 e. The van der Waals surface area contributed by atoms with Crippen LogP contribution in [-0.2, 0) is 4.79 Å². The SMILES string of the molecule is CC(C)[C@H](N)C(=O)Nc1ccc(OC(F)F)cc1. The molecule has 0 spiro atoms. The lowest BCUT2D eigenvalue weighted by molar-refractivity contribution is -0.118. The normalized spacial score (nSPS) is 12.6. The van der Waals surface area contributed by atoms with E-state index in [1.165, 1.54) is 24.3 Å². The topological polar surface area (TPSA) is 64.4 Å². The molecule has 6 heteroatoms. The minimum absolute atomic E-state index is 0.0199. The van der Waals surface area contributed by atoms with Gasteiger partial charge in [-0.3, -0.25) is 4.79 Å². The summed E-state index contributed by atoms with van der Waals surface area (Å²) in [4.78, 5) is 11.6. The predicted octanol–water partition coefficient (Wildman–Crippen LogP) is 2.21. The predicted molar refractivity (Wildman–Crippen MR) is 64.5 cm³/mol. The van der Waals surface area contributed by atoms with Crippen LogP contribution in [0, 0.1) is 5.92 Å². The number of anilines is 1. The quantitative estimate of drug-likeness (QED) is 0.851. The van der Waals surface area contributed by atoms with Gasteiger partial charge in [0, 0.05) is 5.69 Å². The van der Waals surface area contributed by atoms with Crippen molar-refractivity contribution < 1.29 is 18.3 Å². The lowest BCUT2D eigenvalue weighted by Gasteiger charge is -2.15. The van der Waals surface area contributed by atoms with Crippen molar-refractivity contribution in [2.75, 3.05) is 5.32 Å². The molecule has 0 fully saturated rings. The summed E-state index contributed by atoms with van der Waals surface area (Å²) in [7, 11) is 0. The minimum atomic E-state index is -2.86. The van der Waals surface area contributed by atoms with Crippen LogP contribution in [0.2, 0.25) is 0 Å². The van der Waals surface area contributed by atoms with Crippen molar-refractivity contribution in [1.29, 1.82) is 0 Å². The van der Waals surface area contributed by atoms with Crippen molar-refractivity contribution in [2.24, 2.45) is 11.7 Å². The number of nitrogens with two attached hydrogens (primary N) is 1. The lowest BCUT2D eigenvalue weighted by Crippen LogP contribution is -2.39. The van der Waals surface area contributed by atoms with Crippen molar-refractivity contribution in [1.82, 2.24) is 0 Å². The molecule has 1 rings (SSSR count). The van der Waals surface area contributed by atoms with Crippen LogP contribution in [-0.4, -0.2) is 18.6 Å². The summed E-state index contributed by atoms with van der Waals surface area (Å²) in [6.07, 6.45) is 0.